The Hall–Kier alpha value is -4.24. The van der Waals surface area contributed by atoms with Gasteiger partial charge < -0.3 is 19.9 Å². The maximum Gasteiger partial charge on any atom is 0.258 e. The van der Waals surface area contributed by atoms with Gasteiger partial charge in [-0.1, -0.05) is 58.4 Å². The number of fused-ring (bicyclic) bond motifs is 2. The van der Waals surface area contributed by atoms with E-state index in [0.29, 0.717) is 11.8 Å². The number of nitrogens with one attached hydrogen (secondary N) is 2. The van der Waals surface area contributed by atoms with E-state index < -0.39 is 0 Å². The van der Waals surface area contributed by atoms with E-state index in [1.807, 2.05) is 60.7 Å². The molecule has 3 aromatic carbocycles. The molecular formula is C28H23BrN6O2. The second-order valence-corrected chi connectivity index (χ2v) is 9.63. The van der Waals surface area contributed by atoms with Crippen LogP contribution in [0.4, 0.5) is 11.6 Å². The number of nitrogens with zero attached hydrogens (tertiary/aromatic N) is 4. The number of hydrogen-bond acceptors (Lipinski definition) is 6. The van der Waals surface area contributed by atoms with Crippen LogP contribution in [0.15, 0.2) is 83.5 Å². The molecule has 0 saturated carbocycles. The standard InChI is InChI=1S/C28H23BrN6O2/c29-20-11-9-18(10-12-20)17-37-27-21(26(36)30-16-25-32-22-6-2-3-7-23(22)33-25)15-31-28(34-27)35-14-13-19-5-1-4-8-24(19)35/h1-12,15H,13-14,16-17H2,(H,30,36)(H,32,33). The highest BCUT2D eigenvalue weighted by Crippen LogP contribution is 2.33. The quantitative estimate of drug-likeness (QED) is 0.282. The van der Waals surface area contributed by atoms with Crippen molar-refractivity contribution in [3.05, 3.63) is 106 Å². The third-order valence-electron chi connectivity index (χ3n) is 6.26. The Labute approximate surface area is 221 Å². The Kier molecular flexibility index (Phi) is 6.28. The Morgan fingerprint density at radius 2 is 1.84 bits per heavy atom. The minimum absolute atomic E-state index is 0.236. The summed E-state index contributed by atoms with van der Waals surface area (Å²) in [5.41, 5.74) is 5.32. The van der Waals surface area contributed by atoms with Crippen molar-refractivity contribution in [2.45, 2.75) is 19.6 Å². The Bertz CT molecular complexity index is 1550. The molecule has 9 heteroatoms. The molecule has 0 saturated heterocycles. The summed E-state index contributed by atoms with van der Waals surface area (Å²) >= 11 is 3.45. The maximum absolute atomic E-state index is 13.2. The van der Waals surface area contributed by atoms with Crippen molar-refractivity contribution in [2.75, 3.05) is 11.4 Å². The third kappa shape index (κ3) is 4.90. The van der Waals surface area contributed by atoms with Crippen molar-refractivity contribution < 1.29 is 9.53 Å². The van der Waals surface area contributed by atoms with Gasteiger partial charge in [0.15, 0.2) is 0 Å². The molecule has 0 atom stereocenters. The van der Waals surface area contributed by atoms with E-state index in [0.717, 1.165) is 39.7 Å². The zero-order valence-electron chi connectivity index (χ0n) is 19.8. The van der Waals surface area contributed by atoms with Gasteiger partial charge in [0.1, 0.15) is 18.0 Å². The second kappa shape index (κ2) is 10.0. The molecule has 2 aromatic heterocycles. The average molecular weight is 555 g/mol. The van der Waals surface area contributed by atoms with E-state index in [2.05, 4.69) is 53.2 Å². The number of aromatic amines is 1. The highest BCUT2D eigenvalue weighted by Gasteiger charge is 2.24. The fourth-order valence-corrected chi connectivity index (χ4v) is 4.64. The molecule has 0 radical (unpaired) electrons. The summed E-state index contributed by atoms with van der Waals surface area (Å²) in [6.45, 7) is 1.27. The van der Waals surface area contributed by atoms with Crippen molar-refractivity contribution in [1.29, 1.82) is 0 Å². The van der Waals surface area contributed by atoms with Crippen LogP contribution in [0.5, 0.6) is 5.88 Å². The van der Waals surface area contributed by atoms with E-state index in [1.54, 1.807) is 0 Å². The molecule has 8 nitrogen and oxygen atoms in total. The number of halogens is 1. The van der Waals surface area contributed by atoms with Crippen LogP contribution in [0.2, 0.25) is 0 Å². The fourth-order valence-electron chi connectivity index (χ4n) is 4.38. The number of para-hydroxylation sites is 3. The average Bonchev–Trinajstić information content (AvgIpc) is 3.55. The van der Waals surface area contributed by atoms with Gasteiger partial charge in [0, 0.05) is 22.9 Å². The molecule has 0 aliphatic carbocycles. The molecule has 0 fully saturated rings. The molecule has 37 heavy (non-hydrogen) atoms. The van der Waals surface area contributed by atoms with Crippen LogP contribution >= 0.6 is 15.9 Å². The number of anilines is 2. The first-order chi connectivity index (χ1) is 18.1. The third-order valence-corrected chi connectivity index (χ3v) is 6.79. The molecule has 3 heterocycles. The first-order valence-corrected chi connectivity index (χ1v) is 12.7. The number of aromatic nitrogens is 4. The summed E-state index contributed by atoms with van der Waals surface area (Å²) < 4.78 is 7.08. The first-order valence-electron chi connectivity index (χ1n) is 12.0. The molecule has 184 valence electrons. The van der Waals surface area contributed by atoms with Gasteiger partial charge in [0.25, 0.3) is 5.91 Å². The van der Waals surface area contributed by atoms with Crippen LogP contribution in [-0.4, -0.2) is 32.4 Å². The fraction of sp³-hybridized carbons (Fsp3) is 0.143. The summed E-state index contributed by atoms with van der Waals surface area (Å²) in [6, 6.07) is 23.8. The maximum atomic E-state index is 13.2. The summed E-state index contributed by atoms with van der Waals surface area (Å²) in [5, 5.41) is 2.91. The SMILES string of the molecule is O=C(NCc1nc2ccccc2[nH]1)c1cnc(N2CCc3ccccc32)nc1OCc1ccc(Br)cc1. The lowest BCUT2D eigenvalue weighted by molar-refractivity contribution is 0.0944. The van der Waals surface area contributed by atoms with Crippen molar-refractivity contribution in [2.24, 2.45) is 0 Å². The van der Waals surface area contributed by atoms with Crippen LogP contribution in [0.25, 0.3) is 11.0 Å². The second-order valence-electron chi connectivity index (χ2n) is 8.72. The number of rotatable bonds is 7. The van der Waals surface area contributed by atoms with E-state index >= 15 is 0 Å². The zero-order chi connectivity index (χ0) is 25.2. The monoisotopic (exact) mass is 554 g/mol. The molecule has 1 amide bonds. The largest absolute Gasteiger partial charge is 0.472 e. The molecule has 5 aromatic rings. The molecule has 1 aliphatic heterocycles. The van der Waals surface area contributed by atoms with Crippen LogP contribution in [-0.2, 0) is 19.6 Å². The number of imidazole rings is 1. The number of H-pyrrole nitrogens is 1. The molecule has 6 rings (SSSR count). The van der Waals surface area contributed by atoms with Gasteiger partial charge in [-0.2, -0.15) is 4.98 Å². The number of ether oxygens (including phenoxy) is 1. The molecular weight excluding hydrogens is 532 g/mol. The van der Waals surface area contributed by atoms with Crippen LogP contribution < -0.4 is 15.0 Å². The normalized spacial score (nSPS) is 12.5. The lowest BCUT2D eigenvalue weighted by atomic mass is 10.2. The van der Waals surface area contributed by atoms with Crippen LogP contribution in [0.1, 0.15) is 27.3 Å². The van der Waals surface area contributed by atoms with Gasteiger partial charge >= 0.3 is 0 Å². The number of amides is 1. The number of hydrogen-bond donors (Lipinski definition) is 2. The molecule has 0 bridgehead atoms. The van der Waals surface area contributed by atoms with Gasteiger partial charge in [-0.25, -0.2) is 9.97 Å². The van der Waals surface area contributed by atoms with Crippen LogP contribution in [0.3, 0.4) is 0 Å². The molecule has 0 spiro atoms. The Balaban J connectivity index is 1.26. The summed E-state index contributed by atoms with van der Waals surface area (Å²) in [5.74, 6) is 1.07. The number of carbonyl (C=O) groups is 1. The van der Waals surface area contributed by atoms with E-state index in [-0.39, 0.29) is 30.5 Å². The van der Waals surface area contributed by atoms with Crippen LogP contribution in [0, 0.1) is 0 Å². The van der Waals surface area contributed by atoms with Gasteiger partial charge in [0.05, 0.1) is 17.6 Å². The minimum Gasteiger partial charge on any atom is -0.472 e. The zero-order valence-corrected chi connectivity index (χ0v) is 21.4. The van der Waals surface area contributed by atoms with Gasteiger partial charge in [-0.05, 0) is 47.9 Å². The highest BCUT2D eigenvalue weighted by atomic mass is 79.9. The Morgan fingerprint density at radius 3 is 2.70 bits per heavy atom. The number of carbonyl (C=O) groups excluding carboxylic acids is 1. The number of benzene rings is 3. The summed E-state index contributed by atoms with van der Waals surface area (Å²) in [4.78, 5) is 32.3. The predicted molar refractivity (Wildman–Crippen MR) is 145 cm³/mol. The first kappa shape index (κ1) is 23.2. The smallest absolute Gasteiger partial charge is 0.258 e. The lowest BCUT2D eigenvalue weighted by Gasteiger charge is -2.19. The lowest BCUT2D eigenvalue weighted by Crippen LogP contribution is -2.25. The van der Waals surface area contributed by atoms with Crippen molar-refractivity contribution in [3.63, 3.8) is 0 Å². The van der Waals surface area contributed by atoms with Crippen molar-refractivity contribution >= 4 is 44.5 Å². The van der Waals surface area contributed by atoms with Gasteiger partial charge in [-0.15, -0.1) is 0 Å². The molecule has 1 aliphatic rings. The van der Waals surface area contributed by atoms with E-state index in [4.69, 9.17) is 9.72 Å². The topological polar surface area (TPSA) is 96.0 Å². The molecule has 0 unspecified atom stereocenters. The van der Waals surface area contributed by atoms with E-state index in [1.165, 1.54) is 11.8 Å². The van der Waals surface area contributed by atoms with Crippen molar-refractivity contribution in [1.82, 2.24) is 25.3 Å². The van der Waals surface area contributed by atoms with Gasteiger partial charge in [-0.3, -0.25) is 4.79 Å². The van der Waals surface area contributed by atoms with E-state index in [9.17, 15) is 4.79 Å². The van der Waals surface area contributed by atoms with Crippen molar-refractivity contribution in [3.8, 4) is 5.88 Å². The summed E-state index contributed by atoms with van der Waals surface area (Å²) in [7, 11) is 0. The highest BCUT2D eigenvalue weighted by molar-refractivity contribution is 9.10. The predicted octanol–water partition coefficient (Wildman–Crippen LogP) is 5.32. The Morgan fingerprint density at radius 1 is 1.03 bits per heavy atom. The minimum atomic E-state index is -0.334. The molecule has 2 N–H and O–H groups in total. The summed E-state index contributed by atoms with van der Waals surface area (Å²) in [6.07, 6.45) is 2.45. The van der Waals surface area contributed by atoms with Gasteiger partial charge in [0.2, 0.25) is 11.8 Å².